The molecule has 0 aliphatic heterocycles. The Hall–Kier alpha value is -1.80. The lowest BCUT2D eigenvalue weighted by atomic mass is 9.97. The van der Waals surface area contributed by atoms with Crippen molar-refractivity contribution >= 4 is 0 Å². The number of hydrogen-bond donors (Lipinski definition) is 1. The topological polar surface area (TPSA) is 21.3 Å². The fraction of sp³-hybridized carbons (Fsp3) is 0.368. The van der Waals surface area contributed by atoms with Crippen molar-refractivity contribution in [2.24, 2.45) is 0 Å². The lowest BCUT2D eigenvalue weighted by Gasteiger charge is -2.20. The molecule has 0 saturated carbocycles. The van der Waals surface area contributed by atoms with Gasteiger partial charge in [-0.2, -0.15) is 0 Å². The van der Waals surface area contributed by atoms with Gasteiger partial charge in [-0.15, -0.1) is 0 Å². The van der Waals surface area contributed by atoms with Crippen molar-refractivity contribution in [3.05, 3.63) is 65.2 Å². The number of nitrogens with one attached hydrogen (secondary N) is 1. The van der Waals surface area contributed by atoms with E-state index in [1.54, 1.807) is 7.11 Å². The van der Waals surface area contributed by atoms with E-state index < -0.39 is 0 Å². The summed E-state index contributed by atoms with van der Waals surface area (Å²) in [7, 11) is 3.76. The molecule has 1 N–H and O–H groups in total. The van der Waals surface area contributed by atoms with Gasteiger partial charge in [0.2, 0.25) is 0 Å². The van der Waals surface area contributed by atoms with Gasteiger partial charge in [-0.25, -0.2) is 0 Å². The van der Waals surface area contributed by atoms with E-state index in [4.69, 9.17) is 4.74 Å². The molecule has 0 saturated heterocycles. The van der Waals surface area contributed by atoms with E-state index in [1.165, 1.54) is 16.7 Å². The molecule has 0 fully saturated rings. The Labute approximate surface area is 128 Å². The van der Waals surface area contributed by atoms with E-state index in [9.17, 15) is 0 Å². The van der Waals surface area contributed by atoms with Crippen molar-refractivity contribution < 1.29 is 4.74 Å². The predicted octanol–water partition coefficient (Wildman–Crippen LogP) is 4.29. The van der Waals surface area contributed by atoms with Gasteiger partial charge in [0.15, 0.2) is 0 Å². The zero-order chi connectivity index (χ0) is 15.1. The highest BCUT2D eigenvalue weighted by atomic mass is 16.5. The molecule has 0 amide bonds. The van der Waals surface area contributed by atoms with Crippen LogP contribution in [0.1, 0.15) is 35.6 Å². The monoisotopic (exact) mass is 283 g/mol. The summed E-state index contributed by atoms with van der Waals surface area (Å²) in [6.07, 6.45) is 3.38. The van der Waals surface area contributed by atoms with Gasteiger partial charge >= 0.3 is 0 Å². The molecular formula is C19H25NO. The van der Waals surface area contributed by atoms with Crippen molar-refractivity contribution in [2.45, 2.75) is 32.2 Å². The normalized spacial score (nSPS) is 12.1. The lowest BCUT2D eigenvalue weighted by molar-refractivity contribution is 0.397. The van der Waals surface area contributed by atoms with Crippen molar-refractivity contribution in [2.75, 3.05) is 14.2 Å². The minimum Gasteiger partial charge on any atom is -0.496 e. The molecule has 0 spiro atoms. The summed E-state index contributed by atoms with van der Waals surface area (Å²) in [5.74, 6) is 0.972. The first kappa shape index (κ1) is 15.6. The third kappa shape index (κ3) is 4.33. The Kier molecular flexibility index (Phi) is 5.82. The van der Waals surface area contributed by atoms with Gasteiger partial charge in [0.25, 0.3) is 0 Å². The van der Waals surface area contributed by atoms with Crippen molar-refractivity contribution in [1.29, 1.82) is 0 Å². The van der Waals surface area contributed by atoms with Crippen LogP contribution in [0, 0.1) is 6.92 Å². The molecule has 1 atom stereocenters. The molecule has 2 rings (SSSR count). The maximum absolute atomic E-state index is 5.51. The number of ether oxygens (including phenoxy) is 1. The van der Waals surface area contributed by atoms with E-state index in [2.05, 4.69) is 60.8 Å². The van der Waals surface area contributed by atoms with Crippen molar-refractivity contribution in [3.63, 3.8) is 0 Å². The number of hydrogen-bond acceptors (Lipinski definition) is 2. The molecule has 0 bridgehead atoms. The molecule has 2 aromatic rings. The smallest absolute Gasteiger partial charge is 0.123 e. The second kappa shape index (κ2) is 7.84. The highest BCUT2D eigenvalue weighted by Crippen LogP contribution is 2.29. The summed E-state index contributed by atoms with van der Waals surface area (Å²) in [5.41, 5.74) is 3.94. The van der Waals surface area contributed by atoms with Crippen LogP contribution < -0.4 is 10.1 Å². The Balaban J connectivity index is 2.01. The molecule has 21 heavy (non-hydrogen) atoms. The number of methoxy groups -OCH3 is 1. The van der Waals surface area contributed by atoms with E-state index >= 15 is 0 Å². The highest BCUT2D eigenvalue weighted by Gasteiger charge is 2.14. The first-order valence-electron chi connectivity index (χ1n) is 7.60. The van der Waals surface area contributed by atoms with Crippen LogP contribution >= 0.6 is 0 Å². The third-order valence-corrected chi connectivity index (χ3v) is 3.91. The largest absolute Gasteiger partial charge is 0.496 e. The van der Waals surface area contributed by atoms with Crippen LogP contribution in [0.4, 0.5) is 0 Å². The number of rotatable bonds is 7. The van der Waals surface area contributed by atoms with Crippen molar-refractivity contribution in [1.82, 2.24) is 5.32 Å². The Bertz CT molecular complexity index is 551. The molecule has 1 unspecified atom stereocenters. The van der Waals surface area contributed by atoms with E-state index in [1.807, 2.05) is 7.05 Å². The predicted molar refractivity (Wildman–Crippen MR) is 88.9 cm³/mol. The summed E-state index contributed by atoms with van der Waals surface area (Å²) in [6.45, 7) is 2.12. The molecule has 0 heterocycles. The van der Waals surface area contributed by atoms with E-state index in [0.29, 0.717) is 6.04 Å². The minimum atomic E-state index is 0.337. The fourth-order valence-electron chi connectivity index (χ4n) is 2.74. The Morgan fingerprint density at radius 2 is 1.86 bits per heavy atom. The quantitative estimate of drug-likeness (QED) is 0.818. The van der Waals surface area contributed by atoms with Crippen LogP contribution in [0.15, 0.2) is 48.5 Å². The molecule has 0 aromatic heterocycles. The maximum Gasteiger partial charge on any atom is 0.123 e. The van der Waals surface area contributed by atoms with Gasteiger partial charge in [0.1, 0.15) is 5.75 Å². The Morgan fingerprint density at radius 1 is 1.10 bits per heavy atom. The van der Waals surface area contributed by atoms with Crippen LogP contribution in [0.5, 0.6) is 5.75 Å². The second-order valence-corrected chi connectivity index (χ2v) is 5.46. The summed E-state index contributed by atoms with van der Waals surface area (Å²) >= 11 is 0. The standard InChI is InChI=1S/C19H25NO/c1-15-12-13-19(21-3)17(14-15)18(20-2)11-7-10-16-8-5-4-6-9-16/h4-6,8-9,12-14,18,20H,7,10-11H2,1-3H3. The molecular weight excluding hydrogens is 258 g/mol. The minimum absolute atomic E-state index is 0.337. The molecule has 2 nitrogen and oxygen atoms in total. The van der Waals surface area contributed by atoms with Crippen LogP contribution in [-0.4, -0.2) is 14.2 Å². The molecule has 0 aliphatic rings. The van der Waals surface area contributed by atoms with Gasteiger partial charge in [0.05, 0.1) is 7.11 Å². The van der Waals surface area contributed by atoms with Crippen LogP contribution in [0.3, 0.4) is 0 Å². The SMILES string of the molecule is CNC(CCCc1ccccc1)c1cc(C)ccc1OC. The van der Waals surface area contributed by atoms with Crippen LogP contribution in [0.2, 0.25) is 0 Å². The average Bonchev–Trinajstić information content (AvgIpc) is 2.52. The fourth-order valence-corrected chi connectivity index (χ4v) is 2.74. The summed E-state index contributed by atoms with van der Waals surface area (Å²) < 4.78 is 5.51. The first-order chi connectivity index (χ1) is 10.2. The van der Waals surface area contributed by atoms with Gasteiger partial charge in [-0.1, -0.05) is 48.0 Å². The summed E-state index contributed by atoms with van der Waals surface area (Å²) in [4.78, 5) is 0. The molecule has 2 aromatic carbocycles. The van der Waals surface area contributed by atoms with Gasteiger partial charge in [0, 0.05) is 11.6 Å². The maximum atomic E-state index is 5.51. The van der Waals surface area contributed by atoms with E-state index in [0.717, 1.165) is 25.0 Å². The molecule has 112 valence electrons. The van der Waals surface area contributed by atoms with Gasteiger partial charge < -0.3 is 10.1 Å². The van der Waals surface area contributed by atoms with Crippen LogP contribution in [0.25, 0.3) is 0 Å². The van der Waals surface area contributed by atoms with Gasteiger partial charge in [-0.3, -0.25) is 0 Å². The molecule has 0 aliphatic carbocycles. The van der Waals surface area contributed by atoms with Crippen molar-refractivity contribution in [3.8, 4) is 5.75 Å². The zero-order valence-electron chi connectivity index (χ0n) is 13.2. The number of benzene rings is 2. The lowest BCUT2D eigenvalue weighted by Crippen LogP contribution is -2.17. The van der Waals surface area contributed by atoms with Gasteiger partial charge in [-0.05, 0) is 44.9 Å². The number of aryl methyl sites for hydroxylation is 2. The summed E-state index contributed by atoms with van der Waals surface area (Å²) in [6, 6.07) is 17.4. The average molecular weight is 283 g/mol. The first-order valence-corrected chi connectivity index (χ1v) is 7.60. The third-order valence-electron chi connectivity index (χ3n) is 3.91. The zero-order valence-corrected chi connectivity index (χ0v) is 13.2. The Morgan fingerprint density at radius 3 is 2.52 bits per heavy atom. The highest BCUT2D eigenvalue weighted by molar-refractivity contribution is 5.39. The molecule has 0 radical (unpaired) electrons. The van der Waals surface area contributed by atoms with E-state index in [-0.39, 0.29) is 0 Å². The molecule has 2 heteroatoms. The van der Waals surface area contributed by atoms with Crippen LogP contribution in [-0.2, 0) is 6.42 Å². The summed E-state index contributed by atoms with van der Waals surface area (Å²) in [5, 5.41) is 3.43. The second-order valence-electron chi connectivity index (χ2n) is 5.46.